The molecule has 4 nitrogen and oxygen atoms in total. The maximum Gasteiger partial charge on any atom is 0.224 e. The van der Waals surface area contributed by atoms with E-state index in [1.807, 2.05) is 6.07 Å². The second kappa shape index (κ2) is 5.96. The van der Waals surface area contributed by atoms with Crippen molar-refractivity contribution in [1.82, 2.24) is 0 Å². The van der Waals surface area contributed by atoms with Crippen molar-refractivity contribution < 1.29 is 4.79 Å². The second-order valence-corrected chi connectivity index (χ2v) is 6.60. The van der Waals surface area contributed by atoms with Crippen LogP contribution in [-0.2, 0) is 11.2 Å². The highest BCUT2D eigenvalue weighted by atomic mass is 16.1. The van der Waals surface area contributed by atoms with Gasteiger partial charge < -0.3 is 16.4 Å². The van der Waals surface area contributed by atoms with E-state index in [1.165, 1.54) is 37.7 Å². The van der Waals surface area contributed by atoms with Gasteiger partial charge in [-0.3, -0.25) is 4.79 Å². The fourth-order valence-corrected chi connectivity index (χ4v) is 3.42. The Balaban J connectivity index is 1.75. The summed E-state index contributed by atoms with van der Waals surface area (Å²) in [4.78, 5) is 11.4. The van der Waals surface area contributed by atoms with Gasteiger partial charge in [0.1, 0.15) is 0 Å². The Kier molecular flexibility index (Phi) is 4.04. The molecule has 0 radical (unpaired) electrons. The van der Waals surface area contributed by atoms with Crippen LogP contribution in [0.1, 0.15) is 51.0 Å². The van der Waals surface area contributed by atoms with E-state index in [-0.39, 0.29) is 5.91 Å². The summed E-state index contributed by atoms with van der Waals surface area (Å²) in [6.07, 6.45) is 7.73. The van der Waals surface area contributed by atoms with Gasteiger partial charge in [0.05, 0.1) is 11.4 Å². The summed E-state index contributed by atoms with van der Waals surface area (Å²) in [6.45, 7) is 2.35. The van der Waals surface area contributed by atoms with E-state index in [2.05, 4.69) is 23.6 Å². The van der Waals surface area contributed by atoms with Crippen molar-refractivity contribution >= 4 is 23.0 Å². The Bertz CT molecular complexity index is 541. The molecule has 1 saturated carbocycles. The first-order valence-corrected chi connectivity index (χ1v) is 8.10. The Morgan fingerprint density at radius 3 is 2.90 bits per heavy atom. The molecule has 1 amide bonds. The lowest BCUT2D eigenvalue weighted by Crippen LogP contribution is -2.22. The number of nitrogens with one attached hydrogen (secondary N) is 2. The molecule has 4 heteroatoms. The van der Waals surface area contributed by atoms with Gasteiger partial charge in [0.2, 0.25) is 5.91 Å². The molecule has 2 aliphatic rings. The molecule has 4 N–H and O–H groups in total. The van der Waals surface area contributed by atoms with Crippen LogP contribution in [0, 0.1) is 5.92 Å². The Labute approximate surface area is 126 Å². The number of rotatable bonds is 2. The zero-order valence-corrected chi connectivity index (χ0v) is 12.7. The van der Waals surface area contributed by atoms with E-state index in [4.69, 9.17) is 5.73 Å². The molecule has 114 valence electrons. The molecule has 0 spiro atoms. The number of nitrogens with two attached hydrogens (primary N) is 1. The molecule has 1 fully saturated rings. The van der Waals surface area contributed by atoms with E-state index in [0.29, 0.717) is 12.5 Å². The fourth-order valence-electron chi connectivity index (χ4n) is 3.42. The summed E-state index contributed by atoms with van der Waals surface area (Å²) < 4.78 is 0. The third-order valence-corrected chi connectivity index (χ3v) is 4.79. The van der Waals surface area contributed by atoms with Gasteiger partial charge >= 0.3 is 0 Å². The summed E-state index contributed by atoms with van der Waals surface area (Å²) in [6, 6.07) is 4.54. The zero-order valence-electron chi connectivity index (χ0n) is 12.7. The van der Waals surface area contributed by atoms with Gasteiger partial charge in [0.25, 0.3) is 0 Å². The lowest BCUT2D eigenvalue weighted by molar-refractivity contribution is -0.116. The highest BCUT2D eigenvalue weighted by Crippen LogP contribution is 2.33. The molecule has 1 aliphatic heterocycles. The fraction of sp³-hybridized carbons (Fsp3) is 0.588. The van der Waals surface area contributed by atoms with Crippen LogP contribution in [0.2, 0.25) is 0 Å². The predicted octanol–water partition coefficient (Wildman–Crippen LogP) is 3.53. The van der Waals surface area contributed by atoms with E-state index >= 15 is 0 Å². The van der Waals surface area contributed by atoms with Crippen LogP contribution in [0.4, 0.5) is 17.1 Å². The SMILES string of the molecule is CC1CCCC(Nc2cc3c(cc2N)NC(=O)CC3)CC1. The van der Waals surface area contributed by atoms with Crippen molar-refractivity contribution in [3.8, 4) is 0 Å². The van der Waals surface area contributed by atoms with Gasteiger partial charge in [-0.15, -0.1) is 0 Å². The first-order valence-electron chi connectivity index (χ1n) is 8.10. The minimum atomic E-state index is 0.0837. The van der Waals surface area contributed by atoms with Gasteiger partial charge in [-0.25, -0.2) is 0 Å². The number of hydrogen-bond donors (Lipinski definition) is 3. The molecule has 21 heavy (non-hydrogen) atoms. The molecule has 0 saturated heterocycles. The highest BCUT2D eigenvalue weighted by Gasteiger charge is 2.20. The molecular formula is C17H25N3O. The molecule has 0 aromatic heterocycles. The molecule has 0 bridgehead atoms. The lowest BCUT2D eigenvalue weighted by Gasteiger charge is -2.23. The van der Waals surface area contributed by atoms with Crippen molar-refractivity contribution in [3.63, 3.8) is 0 Å². The van der Waals surface area contributed by atoms with E-state index in [9.17, 15) is 4.79 Å². The first kappa shape index (κ1) is 14.2. The minimum absolute atomic E-state index is 0.0837. The Morgan fingerprint density at radius 1 is 1.19 bits per heavy atom. The highest BCUT2D eigenvalue weighted by molar-refractivity contribution is 5.95. The number of amides is 1. The third kappa shape index (κ3) is 3.31. The quantitative estimate of drug-likeness (QED) is 0.576. The summed E-state index contributed by atoms with van der Waals surface area (Å²) >= 11 is 0. The molecular weight excluding hydrogens is 262 g/mol. The molecule has 1 aromatic rings. The van der Waals surface area contributed by atoms with Gasteiger partial charge in [0.15, 0.2) is 0 Å². The molecule has 1 aromatic carbocycles. The van der Waals surface area contributed by atoms with Gasteiger partial charge in [-0.2, -0.15) is 0 Å². The average molecular weight is 287 g/mol. The maximum atomic E-state index is 11.4. The third-order valence-electron chi connectivity index (χ3n) is 4.79. The van der Waals surface area contributed by atoms with Crippen molar-refractivity contribution in [2.24, 2.45) is 5.92 Å². The summed E-state index contributed by atoms with van der Waals surface area (Å²) in [7, 11) is 0. The van der Waals surface area contributed by atoms with Crippen molar-refractivity contribution in [3.05, 3.63) is 17.7 Å². The number of carbonyl (C=O) groups is 1. The van der Waals surface area contributed by atoms with E-state index in [0.717, 1.165) is 29.4 Å². The number of carbonyl (C=O) groups excluding carboxylic acids is 1. The molecule has 1 heterocycles. The van der Waals surface area contributed by atoms with Crippen LogP contribution in [-0.4, -0.2) is 11.9 Å². The number of nitrogen functional groups attached to an aromatic ring is 1. The van der Waals surface area contributed by atoms with Gasteiger partial charge in [-0.1, -0.05) is 19.8 Å². The zero-order chi connectivity index (χ0) is 14.8. The van der Waals surface area contributed by atoms with E-state index < -0.39 is 0 Å². The number of anilines is 3. The first-order chi connectivity index (χ1) is 10.1. The largest absolute Gasteiger partial charge is 0.397 e. The number of benzene rings is 1. The summed E-state index contributed by atoms with van der Waals surface area (Å²) in [5.41, 5.74) is 9.99. The Morgan fingerprint density at radius 2 is 2.05 bits per heavy atom. The number of aryl methyl sites for hydroxylation is 1. The van der Waals surface area contributed by atoms with Crippen molar-refractivity contribution in [2.45, 2.75) is 57.9 Å². The molecule has 2 atom stereocenters. The second-order valence-electron chi connectivity index (χ2n) is 6.60. The average Bonchev–Trinajstić information content (AvgIpc) is 2.65. The van der Waals surface area contributed by atoms with E-state index in [1.54, 1.807) is 0 Å². The van der Waals surface area contributed by atoms with Gasteiger partial charge in [0, 0.05) is 18.2 Å². The Hall–Kier alpha value is -1.71. The van der Waals surface area contributed by atoms with Crippen LogP contribution < -0.4 is 16.4 Å². The predicted molar refractivity (Wildman–Crippen MR) is 87.5 cm³/mol. The molecule has 2 unspecified atom stereocenters. The van der Waals surface area contributed by atoms with Crippen LogP contribution in [0.3, 0.4) is 0 Å². The molecule has 1 aliphatic carbocycles. The summed E-state index contributed by atoms with van der Waals surface area (Å²) in [5, 5.41) is 6.53. The lowest BCUT2D eigenvalue weighted by atomic mass is 10.0. The number of hydrogen-bond acceptors (Lipinski definition) is 3. The van der Waals surface area contributed by atoms with Crippen LogP contribution in [0.5, 0.6) is 0 Å². The minimum Gasteiger partial charge on any atom is -0.397 e. The topological polar surface area (TPSA) is 67.2 Å². The maximum absolute atomic E-state index is 11.4. The van der Waals surface area contributed by atoms with Crippen LogP contribution in [0.15, 0.2) is 12.1 Å². The van der Waals surface area contributed by atoms with Crippen LogP contribution >= 0.6 is 0 Å². The smallest absolute Gasteiger partial charge is 0.224 e. The molecule has 3 rings (SSSR count). The van der Waals surface area contributed by atoms with Crippen molar-refractivity contribution in [2.75, 3.05) is 16.4 Å². The normalized spacial score (nSPS) is 25.7. The van der Waals surface area contributed by atoms with Gasteiger partial charge in [-0.05, 0) is 49.3 Å². The monoisotopic (exact) mass is 287 g/mol. The summed E-state index contributed by atoms with van der Waals surface area (Å²) in [5.74, 6) is 0.924. The van der Waals surface area contributed by atoms with Crippen molar-refractivity contribution in [1.29, 1.82) is 0 Å². The standard InChI is InChI=1S/C17H25N3O/c1-11-3-2-4-13(7-5-11)19-16-9-12-6-8-17(21)20-15(12)10-14(16)18/h9-11,13,19H,2-8,18H2,1H3,(H,20,21). The van der Waals surface area contributed by atoms with Crippen LogP contribution in [0.25, 0.3) is 0 Å². The number of fused-ring (bicyclic) bond motifs is 1.